The first kappa shape index (κ1) is 17.4. The highest BCUT2D eigenvalue weighted by molar-refractivity contribution is 7.92. The second-order valence-corrected chi connectivity index (χ2v) is 7.98. The molecular formula is C15H16N2O4S2. The van der Waals surface area contributed by atoms with Crippen molar-refractivity contribution in [2.45, 2.75) is 11.4 Å². The van der Waals surface area contributed by atoms with Gasteiger partial charge in [0.1, 0.15) is 0 Å². The predicted octanol–water partition coefficient (Wildman–Crippen LogP) is 1.42. The van der Waals surface area contributed by atoms with Gasteiger partial charge in [0.05, 0.1) is 4.90 Å². The molecule has 0 aromatic heterocycles. The Hall–Kier alpha value is -2.00. The van der Waals surface area contributed by atoms with Gasteiger partial charge in [0.15, 0.2) is 0 Å². The van der Waals surface area contributed by atoms with Crippen molar-refractivity contribution in [2.75, 3.05) is 0 Å². The molecule has 122 valence electrons. The summed E-state index contributed by atoms with van der Waals surface area (Å²) in [5.41, 5.74) is 1.25. The van der Waals surface area contributed by atoms with Crippen LogP contribution in [0.15, 0.2) is 64.9 Å². The lowest BCUT2D eigenvalue weighted by atomic mass is 10.2. The Labute approximate surface area is 135 Å². The van der Waals surface area contributed by atoms with Crippen molar-refractivity contribution >= 4 is 26.1 Å². The highest BCUT2D eigenvalue weighted by Crippen LogP contribution is 2.10. The smallest absolute Gasteiger partial charge is 0.225 e. The van der Waals surface area contributed by atoms with Crippen LogP contribution in [0.4, 0.5) is 0 Å². The third kappa shape index (κ3) is 5.61. The van der Waals surface area contributed by atoms with Crippen LogP contribution in [0.25, 0.3) is 6.08 Å². The molecule has 6 nitrogen and oxygen atoms in total. The van der Waals surface area contributed by atoms with E-state index < -0.39 is 20.0 Å². The third-order valence-electron chi connectivity index (χ3n) is 2.94. The van der Waals surface area contributed by atoms with E-state index in [1.807, 2.05) is 6.07 Å². The fourth-order valence-electron chi connectivity index (χ4n) is 1.80. The van der Waals surface area contributed by atoms with Gasteiger partial charge in [-0.05, 0) is 29.3 Å². The van der Waals surface area contributed by atoms with Gasteiger partial charge in [0.25, 0.3) is 0 Å². The molecule has 0 spiro atoms. The Morgan fingerprint density at radius 1 is 0.957 bits per heavy atom. The summed E-state index contributed by atoms with van der Waals surface area (Å²) >= 11 is 0. The van der Waals surface area contributed by atoms with Crippen LogP contribution >= 0.6 is 0 Å². The van der Waals surface area contributed by atoms with Gasteiger partial charge in [-0.3, -0.25) is 0 Å². The van der Waals surface area contributed by atoms with E-state index in [1.54, 1.807) is 30.3 Å². The molecule has 3 N–H and O–H groups in total. The van der Waals surface area contributed by atoms with Gasteiger partial charge in [-0.2, -0.15) is 0 Å². The number of rotatable bonds is 6. The van der Waals surface area contributed by atoms with Gasteiger partial charge in [0.2, 0.25) is 20.0 Å². The molecule has 2 aromatic carbocycles. The van der Waals surface area contributed by atoms with Crippen molar-refractivity contribution in [1.82, 2.24) is 4.72 Å². The van der Waals surface area contributed by atoms with Crippen LogP contribution in [-0.4, -0.2) is 16.8 Å². The molecule has 0 radical (unpaired) electrons. The van der Waals surface area contributed by atoms with Crippen molar-refractivity contribution in [2.24, 2.45) is 5.14 Å². The molecule has 0 unspecified atom stereocenters. The Morgan fingerprint density at radius 2 is 1.65 bits per heavy atom. The Balaban J connectivity index is 2.07. The first-order valence-electron chi connectivity index (χ1n) is 6.61. The molecule has 0 aliphatic carbocycles. The van der Waals surface area contributed by atoms with E-state index in [0.717, 1.165) is 11.0 Å². The molecule has 0 heterocycles. The molecular weight excluding hydrogens is 336 g/mol. The van der Waals surface area contributed by atoms with Crippen molar-refractivity contribution < 1.29 is 16.8 Å². The minimum Gasteiger partial charge on any atom is -0.225 e. The minimum atomic E-state index is -3.82. The molecule has 0 aliphatic heterocycles. The molecule has 0 saturated heterocycles. The van der Waals surface area contributed by atoms with E-state index in [9.17, 15) is 16.8 Å². The summed E-state index contributed by atoms with van der Waals surface area (Å²) in [5, 5.41) is 6.10. The van der Waals surface area contributed by atoms with Crippen molar-refractivity contribution in [3.05, 3.63) is 71.1 Å². The number of hydrogen-bond donors (Lipinski definition) is 2. The molecule has 2 rings (SSSR count). The quantitative estimate of drug-likeness (QED) is 0.820. The van der Waals surface area contributed by atoms with Crippen LogP contribution in [0.5, 0.6) is 0 Å². The van der Waals surface area contributed by atoms with Crippen molar-refractivity contribution in [3.63, 3.8) is 0 Å². The van der Waals surface area contributed by atoms with E-state index in [0.29, 0.717) is 5.56 Å². The summed E-state index contributed by atoms with van der Waals surface area (Å²) in [6.45, 7) is -0.0369. The lowest BCUT2D eigenvalue weighted by molar-refractivity contribution is 0.590. The molecule has 0 atom stereocenters. The van der Waals surface area contributed by atoms with Crippen molar-refractivity contribution in [3.8, 4) is 0 Å². The summed E-state index contributed by atoms with van der Waals surface area (Å²) in [6, 6.07) is 14.8. The van der Waals surface area contributed by atoms with E-state index in [2.05, 4.69) is 4.72 Å². The summed E-state index contributed by atoms with van der Waals surface area (Å²) in [5.74, 6) is 0. The number of primary sulfonamides is 1. The van der Waals surface area contributed by atoms with Gasteiger partial charge < -0.3 is 0 Å². The predicted molar refractivity (Wildman–Crippen MR) is 89.1 cm³/mol. The molecule has 23 heavy (non-hydrogen) atoms. The highest BCUT2D eigenvalue weighted by atomic mass is 32.2. The molecule has 8 heteroatoms. The zero-order chi connectivity index (χ0) is 16.9. The molecule has 0 fully saturated rings. The first-order chi connectivity index (χ1) is 10.8. The fourth-order valence-corrected chi connectivity index (χ4v) is 3.18. The van der Waals surface area contributed by atoms with E-state index >= 15 is 0 Å². The second kappa shape index (κ2) is 7.05. The van der Waals surface area contributed by atoms with Crippen LogP contribution in [0.3, 0.4) is 0 Å². The number of sulfonamides is 2. The van der Waals surface area contributed by atoms with Gasteiger partial charge in [0, 0.05) is 12.0 Å². The molecule has 2 aromatic rings. The lowest BCUT2D eigenvalue weighted by Gasteiger charge is -2.05. The van der Waals surface area contributed by atoms with Crippen LogP contribution < -0.4 is 9.86 Å². The van der Waals surface area contributed by atoms with E-state index in [-0.39, 0.29) is 11.4 Å². The van der Waals surface area contributed by atoms with Crippen LogP contribution in [0, 0.1) is 0 Å². The zero-order valence-electron chi connectivity index (χ0n) is 12.1. The SMILES string of the molecule is NS(=O)(=O)c1cccc(CNS(=O)(=O)C=Cc2ccccc2)c1. The van der Waals surface area contributed by atoms with Crippen LogP contribution in [0.1, 0.15) is 11.1 Å². The van der Waals surface area contributed by atoms with Crippen LogP contribution in [0.2, 0.25) is 0 Å². The monoisotopic (exact) mass is 352 g/mol. The summed E-state index contributed by atoms with van der Waals surface area (Å²) in [7, 11) is -7.45. The van der Waals surface area contributed by atoms with Gasteiger partial charge in [-0.15, -0.1) is 0 Å². The first-order valence-corrected chi connectivity index (χ1v) is 9.70. The average molecular weight is 352 g/mol. The van der Waals surface area contributed by atoms with Crippen molar-refractivity contribution in [1.29, 1.82) is 0 Å². The summed E-state index contributed by atoms with van der Waals surface area (Å²) < 4.78 is 48.8. The zero-order valence-corrected chi connectivity index (χ0v) is 13.7. The van der Waals surface area contributed by atoms with E-state index in [4.69, 9.17) is 5.14 Å². The van der Waals surface area contributed by atoms with E-state index in [1.165, 1.54) is 24.3 Å². The summed E-state index contributed by atoms with van der Waals surface area (Å²) in [6.07, 6.45) is 1.48. The topological polar surface area (TPSA) is 106 Å². The molecule has 0 amide bonds. The largest absolute Gasteiger partial charge is 0.238 e. The molecule has 0 aliphatic rings. The number of benzene rings is 2. The minimum absolute atomic E-state index is 0.0369. The fraction of sp³-hybridized carbons (Fsp3) is 0.0667. The Kier molecular flexibility index (Phi) is 5.32. The van der Waals surface area contributed by atoms with Crippen LogP contribution in [-0.2, 0) is 26.6 Å². The maximum Gasteiger partial charge on any atom is 0.238 e. The second-order valence-electron chi connectivity index (χ2n) is 4.77. The van der Waals surface area contributed by atoms with Gasteiger partial charge >= 0.3 is 0 Å². The van der Waals surface area contributed by atoms with Gasteiger partial charge in [-0.25, -0.2) is 26.7 Å². The third-order valence-corrected chi connectivity index (χ3v) is 4.90. The number of nitrogens with one attached hydrogen (secondary N) is 1. The number of hydrogen-bond acceptors (Lipinski definition) is 4. The number of nitrogens with two attached hydrogens (primary N) is 1. The molecule has 0 bridgehead atoms. The molecule has 0 saturated carbocycles. The summed E-state index contributed by atoms with van der Waals surface area (Å²) in [4.78, 5) is -0.0611. The Bertz CT molecular complexity index is 906. The maximum atomic E-state index is 11.9. The Morgan fingerprint density at radius 3 is 2.30 bits per heavy atom. The standard InChI is InChI=1S/C15H16N2O4S2/c16-23(20,21)15-8-4-7-14(11-15)12-17-22(18,19)10-9-13-5-2-1-3-6-13/h1-11,17H,12H2,(H2,16,20,21). The van der Waals surface area contributed by atoms with Gasteiger partial charge in [-0.1, -0.05) is 42.5 Å². The maximum absolute atomic E-state index is 11.9. The average Bonchev–Trinajstić information content (AvgIpc) is 2.52. The normalized spacial score (nSPS) is 12.6. The highest BCUT2D eigenvalue weighted by Gasteiger charge is 2.09. The lowest BCUT2D eigenvalue weighted by Crippen LogP contribution is -2.21.